The van der Waals surface area contributed by atoms with Crippen LogP contribution in [0.3, 0.4) is 0 Å². The van der Waals surface area contributed by atoms with Gasteiger partial charge in [0.15, 0.2) is 0 Å². The third kappa shape index (κ3) is 3.72. The van der Waals surface area contributed by atoms with Gasteiger partial charge in [-0.05, 0) is 60.4 Å². The number of hydrogen-bond donors (Lipinski definition) is 1. The minimum atomic E-state index is -1.08. The Balaban J connectivity index is 1.88. The van der Waals surface area contributed by atoms with Crippen LogP contribution in [0.15, 0.2) is 40.8 Å². The number of aromatic nitrogens is 1. The van der Waals surface area contributed by atoms with Crippen molar-refractivity contribution in [2.45, 2.75) is 40.0 Å². The van der Waals surface area contributed by atoms with Crippen LogP contribution < -0.4 is 0 Å². The summed E-state index contributed by atoms with van der Waals surface area (Å²) < 4.78 is 7.70. The first-order chi connectivity index (χ1) is 13.6. The van der Waals surface area contributed by atoms with E-state index in [4.69, 9.17) is 27.6 Å². The molecule has 1 N–H and O–H groups in total. The van der Waals surface area contributed by atoms with Crippen molar-refractivity contribution in [1.82, 2.24) is 4.57 Å². The van der Waals surface area contributed by atoms with Crippen LogP contribution in [-0.4, -0.2) is 15.6 Å². The molecule has 4 rings (SSSR count). The maximum absolute atomic E-state index is 11.3. The van der Waals surface area contributed by atoms with Crippen LogP contribution in [0.4, 0.5) is 0 Å². The van der Waals surface area contributed by atoms with E-state index < -0.39 is 5.97 Å². The SMILES string of the molecule is CC(C)(C)C1CCc2c(cc(-c3ccc(Cl)c(Cl)c3)n2-c2ccc(C(=O)O)o2)C1. The van der Waals surface area contributed by atoms with E-state index >= 15 is 0 Å². The molecule has 1 atom stereocenters. The van der Waals surface area contributed by atoms with Crippen LogP contribution in [-0.2, 0) is 12.8 Å². The second-order valence-corrected chi connectivity index (χ2v) is 9.53. The van der Waals surface area contributed by atoms with Crippen LogP contribution in [0.1, 0.15) is 49.0 Å². The molecule has 0 bridgehead atoms. The molecule has 0 radical (unpaired) electrons. The van der Waals surface area contributed by atoms with E-state index in [1.807, 2.05) is 16.7 Å². The molecule has 6 heteroatoms. The number of carboxylic acids is 1. The second kappa shape index (κ2) is 7.26. The van der Waals surface area contributed by atoms with Gasteiger partial charge < -0.3 is 9.52 Å². The topological polar surface area (TPSA) is 55.4 Å². The van der Waals surface area contributed by atoms with Gasteiger partial charge in [0.2, 0.25) is 11.6 Å². The fourth-order valence-electron chi connectivity index (χ4n) is 4.15. The van der Waals surface area contributed by atoms with Gasteiger partial charge in [-0.3, -0.25) is 4.57 Å². The van der Waals surface area contributed by atoms with Crippen LogP contribution in [0.2, 0.25) is 10.0 Å². The summed E-state index contributed by atoms with van der Waals surface area (Å²) in [4.78, 5) is 11.3. The molecule has 1 aliphatic carbocycles. The maximum Gasteiger partial charge on any atom is 0.371 e. The average molecular weight is 432 g/mol. The first kappa shape index (κ1) is 20.1. The van der Waals surface area contributed by atoms with Crippen molar-refractivity contribution in [3.63, 3.8) is 0 Å². The largest absolute Gasteiger partial charge is 0.475 e. The predicted octanol–water partition coefficient (Wildman–Crippen LogP) is 6.89. The third-order valence-electron chi connectivity index (χ3n) is 5.85. The standard InChI is InChI=1S/C23H23Cl2NO3/c1-23(2,3)15-5-7-18-14(10-15)12-19(13-4-6-16(24)17(25)11-13)26(18)21-9-8-20(29-21)22(27)28/h4,6,8-9,11-12,15H,5,7,10H2,1-3H3,(H,27,28). The Morgan fingerprint density at radius 1 is 1.14 bits per heavy atom. The monoisotopic (exact) mass is 431 g/mol. The van der Waals surface area contributed by atoms with Crippen molar-refractivity contribution in [2.75, 3.05) is 0 Å². The minimum absolute atomic E-state index is 0.0779. The molecule has 0 amide bonds. The molecule has 0 fully saturated rings. The lowest BCUT2D eigenvalue weighted by atomic mass is 9.72. The summed E-state index contributed by atoms with van der Waals surface area (Å²) >= 11 is 12.4. The Kier molecular flexibility index (Phi) is 5.04. The number of carbonyl (C=O) groups is 1. The zero-order valence-corrected chi connectivity index (χ0v) is 18.1. The highest BCUT2D eigenvalue weighted by Crippen LogP contribution is 2.42. The summed E-state index contributed by atoms with van der Waals surface area (Å²) in [6, 6.07) is 10.9. The number of halogens is 2. The molecule has 1 aliphatic rings. The van der Waals surface area contributed by atoms with Gasteiger partial charge in [0, 0.05) is 17.3 Å². The van der Waals surface area contributed by atoms with E-state index in [-0.39, 0.29) is 11.2 Å². The lowest BCUT2D eigenvalue weighted by molar-refractivity contribution is 0.0662. The number of hydrogen-bond acceptors (Lipinski definition) is 2. The first-order valence-corrected chi connectivity index (χ1v) is 10.4. The molecule has 2 aromatic heterocycles. The Bertz CT molecular complexity index is 1090. The second-order valence-electron chi connectivity index (χ2n) is 8.71. The highest BCUT2D eigenvalue weighted by molar-refractivity contribution is 6.42. The van der Waals surface area contributed by atoms with Crippen LogP contribution >= 0.6 is 23.2 Å². The van der Waals surface area contributed by atoms with E-state index in [1.54, 1.807) is 12.1 Å². The Hall–Kier alpha value is -2.17. The van der Waals surface area contributed by atoms with Crippen molar-refractivity contribution in [1.29, 1.82) is 0 Å². The molecule has 0 saturated carbocycles. The molecule has 1 aromatic carbocycles. The molecule has 0 aliphatic heterocycles. The molecule has 0 saturated heterocycles. The molecule has 1 unspecified atom stereocenters. The van der Waals surface area contributed by atoms with Crippen molar-refractivity contribution in [3.8, 4) is 17.1 Å². The summed E-state index contributed by atoms with van der Waals surface area (Å²) in [5.74, 6) is -0.0790. The third-order valence-corrected chi connectivity index (χ3v) is 6.59. The van der Waals surface area contributed by atoms with Crippen LogP contribution in [0.5, 0.6) is 0 Å². The number of fused-ring (bicyclic) bond motifs is 1. The number of aromatic carboxylic acids is 1. The molecule has 0 spiro atoms. The van der Waals surface area contributed by atoms with Gasteiger partial charge in [-0.2, -0.15) is 0 Å². The number of nitrogens with zero attached hydrogens (tertiary/aromatic N) is 1. The predicted molar refractivity (Wildman–Crippen MR) is 115 cm³/mol. The lowest BCUT2D eigenvalue weighted by Crippen LogP contribution is -2.27. The molecule has 4 nitrogen and oxygen atoms in total. The molecule has 152 valence electrons. The van der Waals surface area contributed by atoms with E-state index in [0.717, 1.165) is 36.2 Å². The van der Waals surface area contributed by atoms with Crippen LogP contribution in [0.25, 0.3) is 17.1 Å². The van der Waals surface area contributed by atoms with E-state index in [9.17, 15) is 9.90 Å². The summed E-state index contributed by atoms with van der Waals surface area (Å²) in [6.45, 7) is 6.85. The average Bonchev–Trinajstić information content (AvgIpc) is 3.27. The van der Waals surface area contributed by atoms with Gasteiger partial charge in [0.25, 0.3) is 0 Å². The van der Waals surface area contributed by atoms with Gasteiger partial charge in [0.1, 0.15) is 0 Å². The number of carboxylic acid groups (broad SMARTS) is 1. The molecule has 3 aromatic rings. The number of furan rings is 1. The summed E-state index contributed by atoms with van der Waals surface area (Å²) in [5, 5.41) is 10.3. The summed E-state index contributed by atoms with van der Waals surface area (Å²) in [5.41, 5.74) is 4.50. The van der Waals surface area contributed by atoms with Gasteiger partial charge in [-0.25, -0.2) is 4.79 Å². The van der Waals surface area contributed by atoms with Crippen molar-refractivity contribution >= 4 is 29.2 Å². The Labute approximate surface area is 180 Å². The molecule has 29 heavy (non-hydrogen) atoms. The van der Waals surface area contributed by atoms with E-state index in [1.165, 1.54) is 11.6 Å². The van der Waals surface area contributed by atoms with Crippen molar-refractivity contribution in [3.05, 3.63) is 63.5 Å². The number of rotatable bonds is 3. The maximum atomic E-state index is 11.3. The Morgan fingerprint density at radius 3 is 2.52 bits per heavy atom. The van der Waals surface area contributed by atoms with E-state index in [2.05, 4.69) is 26.8 Å². The lowest BCUT2D eigenvalue weighted by Gasteiger charge is -2.34. The van der Waals surface area contributed by atoms with Gasteiger partial charge in [-0.15, -0.1) is 0 Å². The fourth-order valence-corrected chi connectivity index (χ4v) is 4.45. The highest BCUT2D eigenvalue weighted by atomic mass is 35.5. The molecular formula is C23H23Cl2NO3. The smallest absolute Gasteiger partial charge is 0.371 e. The first-order valence-electron chi connectivity index (χ1n) is 9.67. The van der Waals surface area contributed by atoms with Gasteiger partial charge in [-0.1, -0.05) is 50.0 Å². The molecule has 2 heterocycles. The van der Waals surface area contributed by atoms with Crippen molar-refractivity contribution in [2.24, 2.45) is 11.3 Å². The van der Waals surface area contributed by atoms with Crippen LogP contribution in [0, 0.1) is 11.3 Å². The zero-order valence-electron chi connectivity index (χ0n) is 16.6. The number of benzene rings is 1. The summed E-state index contributed by atoms with van der Waals surface area (Å²) in [7, 11) is 0. The van der Waals surface area contributed by atoms with Gasteiger partial charge >= 0.3 is 5.97 Å². The minimum Gasteiger partial charge on any atom is -0.475 e. The summed E-state index contributed by atoms with van der Waals surface area (Å²) in [6.07, 6.45) is 2.96. The quantitative estimate of drug-likeness (QED) is 0.490. The fraction of sp³-hybridized carbons (Fsp3) is 0.348. The Morgan fingerprint density at radius 2 is 1.90 bits per heavy atom. The van der Waals surface area contributed by atoms with Gasteiger partial charge in [0.05, 0.1) is 15.7 Å². The normalized spacial score (nSPS) is 16.7. The highest BCUT2D eigenvalue weighted by Gasteiger charge is 2.32. The molecular weight excluding hydrogens is 409 g/mol. The van der Waals surface area contributed by atoms with E-state index in [0.29, 0.717) is 21.8 Å². The zero-order chi connectivity index (χ0) is 20.9. The van der Waals surface area contributed by atoms with Crippen molar-refractivity contribution < 1.29 is 14.3 Å².